The van der Waals surface area contributed by atoms with Crippen LogP contribution in [0, 0.1) is 0 Å². The highest BCUT2D eigenvalue weighted by Gasteiger charge is 2.07. The van der Waals surface area contributed by atoms with E-state index in [0.29, 0.717) is 0 Å². The average Bonchev–Trinajstić information content (AvgIpc) is 2.31. The zero-order valence-electron chi connectivity index (χ0n) is 9.37. The molecule has 0 aliphatic rings. The maximum Gasteiger partial charge on any atom is 0.0462 e. The third-order valence-corrected chi connectivity index (χ3v) is 2.65. The van der Waals surface area contributed by atoms with Gasteiger partial charge in [-0.05, 0) is 30.4 Å². The number of benzene rings is 1. The lowest BCUT2D eigenvalue weighted by Gasteiger charge is -2.15. The topological polar surface area (TPSA) is 38.0 Å². The van der Waals surface area contributed by atoms with E-state index in [1.54, 1.807) is 0 Å². The number of rotatable bonds is 6. The normalized spacial score (nSPS) is 12.4. The number of aryl methyl sites for hydroxylation is 1. The second kappa shape index (κ2) is 6.38. The van der Waals surface area contributed by atoms with Crippen molar-refractivity contribution in [3.8, 4) is 0 Å². The van der Waals surface area contributed by atoms with Gasteiger partial charge in [-0.15, -0.1) is 6.58 Å². The van der Waals surface area contributed by atoms with Crippen LogP contribution in [0.15, 0.2) is 36.9 Å². The van der Waals surface area contributed by atoms with Crippen LogP contribution < -0.4 is 11.3 Å². The Morgan fingerprint density at radius 1 is 1.40 bits per heavy atom. The van der Waals surface area contributed by atoms with Crippen molar-refractivity contribution in [2.24, 2.45) is 5.84 Å². The Kier molecular flexibility index (Phi) is 5.08. The first-order valence-electron chi connectivity index (χ1n) is 5.47. The number of allylic oxidation sites excluding steroid dienone is 1. The molecule has 0 aliphatic heterocycles. The standard InChI is InChI=1S/C13H20N2/c1-3-5-6-13(15-14)12-9-7-11(4-2)8-10-12/h3,7-10,13,15H,1,4-6,14H2,2H3. The van der Waals surface area contributed by atoms with Gasteiger partial charge in [0, 0.05) is 6.04 Å². The molecule has 0 saturated heterocycles. The highest BCUT2D eigenvalue weighted by atomic mass is 15.2. The summed E-state index contributed by atoms with van der Waals surface area (Å²) in [5.41, 5.74) is 5.45. The van der Waals surface area contributed by atoms with Gasteiger partial charge < -0.3 is 0 Å². The summed E-state index contributed by atoms with van der Waals surface area (Å²) in [6.07, 6.45) is 4.97. The molecule has 1 unspecified atom stereocenters. The molecule has 15 heavy (non-hydrogen) atoms. The van der Waals surface area contributed by atoms with E-state index < -0.39 is 0 Å². The van der Waals surface area contributed by atoms with Crippen molar-refractivity contribution < 1.29 is 0 Å². The molecule has 3 N–H and O–H groups in total. The predicted octanol–water partition coefficient (Wildman–Crippen LogP) is 2.72. The Morgan fingerprint density at radius 3 is 2.53 bits per heavy atom. The third-order valence-electron chi connectivity index (χ3n) is 2.65. The first-order chi connectivity index (χ1) is 7.31. The predicted molar refractivity (Wildman–Crippen MR) is 65.3 cm³/mol. The van der Waals surface area contributed by atoms with Crippen LogP contribution in [0.5, 0.6) is 0 Å². The lowest BCUT2D eigenvalue weighted by atomic mass is 10.0. The Balaban J connectivity index is 2.69. The Labute approximate surface area is 92.2 Å². The molecule has 0 radical (unpaired) electrons. The maximum absolute atomic E-state index is 5.53. The smallest absolute Gasteiger partial charge is 0.0462 e. The van der Waals surface area contributed by atoms with Gasteiger partial charge in [0.15, 0.2) is 0 Å². The quantitative estimate of drug-likeness (QED) is 0.425. The summed E-state index contributed by atoms with van der Waals surface area (Å²) in [7, 11) is 0. The number of hydrogen-bond donors (Lipinski definition) is 2. The van der Waals surface area contributed by atoms with Gasteiger partial charge in [-0.25, -0.2) is 0 Å². The maximum atomic E-state index is 5.53. The molecule has 82 valence electrons. The SMILES string of the molecule is C=CCCC(NN)c1ccc(CC)cc1. The van der Waals surface area contributed by atoms with Crippen LogP contribution in [0.4, 0.5) is 0 Å². The summed E-state index contributed by atoms with van der Waals surface area (Å²) in [4.78, 5) is 0. The molecule has 1 aromatic carbocycles. The summed E-state index contributed by atoms with van der Waals surface area (Å²) in [5.74, 6) is 5.53. The van der Waals surface area contributed by atoms with E-state index >= 15 is 0 Å². The van der Waals surface area contributed by atoms with Crippen LogP contribution >= 0.6 is 0 Å². The molecule has 0 heterocycles. The van der Waals surface area contributed by atoms with Gasteiger partial charge in [0.1, 0.15) is 0 Å². The molecule has 1 aromatic rings. The van der Waals surface area contributed by atoms with E-state index in [4.69, 9.17) is 5.84 Å². The summed E-state index contributed by atoms with van der Waals surface area (Å²) in [5, 5.41) is 0. The molecule has 2 nitrogen and oxygen atoms in total. The van der Waals surface area contributed by atoms with Gasteiger partial charge in [-0.1, -0.05) is 37.3 Å². The number of hydrazine groups is 1. The lowest BCUT2D eigenvalue weighted by Crippen LogP contribution is -2.27. The van der Waals surface area contributed by atoms with Gasteiger partial charge >= 0.3 is 0 Å². The van der Waals surface area contributed by atoms with Crippen LogP contribution in [0.3, 0.4) is 0 Å². The van der Waals surface area contributed by atoms with Crippen LogP contribution in [0.25, 0.3) is 0 Å². The van der Waals surface area contributed by atoms with Crippen molar-refractivity contribution in [3.63, 3.8) is 0 Å². The van der Waals surface area contributed by atoms with E-state index in [-0.39, 0.29) is 6.04 Å². The van der Waals surface area contributed by atoms with Crippen molar-refractivity contribution >= 4 is 0 Å². The minimum atomic E-state index is 0.230. The summed E-state index contributed by atoms with van der Waals surface area (Å²) in [6.45, 7) is 5.88. The summed E-state index contributed by atoms with van der Waals surface area (Å²) >= 11 is 0. The van der Waals surface area contributed by atoms with Crippen molar-refractivity contribution in [2.75, 3.05) is 0 Å². The van der Waals surface area contributed by atoms with Gasteiger partial charge in [0.2, 0.25) is 0 Å². The molecule has 0 bridgehead atoms. The van der Waals surface area contributed by atoms with Crippen molar-refractivity contribution in [1.29, 1.82) is 0 Å². The molecular formula is C13H20N2. The number of nitrogens with one attached hydrogen (secondary N) is 1. The van der Waals surface area contributed by atoms with E-state index in [1.165, 1.54) is 11.1 Å². The van der Waals surface area contributed by atoms with Gasteiger partial charge in [0.05, 0.1) is 0 Å². The summed E-state index contributed by atoms with van der Waals surface area (Å²) in [6, 6.07) is 8.84. The number of hydrogen-bond acceptors (Lipinski definition) is 2. The second-order valence-electron chi connectivity index (χ2n) is 3.68. The molecule has 0 amide bonds. The van der Waals surface area contributed by atoms with Crippen LogP contribution in [0.2, 0.25) is 0 Å². The van der Waals surface area contributed by atoms with E-state index in [9.17, 15) is 0 Å². The van der Waals surface area contributed by atoms with Crippen molar-refractivity contribution in [2.45, 2.75) is 32.2 Å². The second-order valence-corrected chi connectivity index (χ2v) is 3.68. The largest absolute Gasteiger partial charge is 0.271 e. The minimum Gasteiger partial charge on any atom is -0.271 e. The molecular weight excluding hydrogens is 184 g/mol. The highest BCUT2D eigenvalue weighted by Crippen LogP contribution is 2.18. The van der Waals surface area contributed by atoms with Crippen molar-refractivity contribution in [1.82, 2.24) is 5.43 Å². The molecule has 1 atom stereocenters. The fraction of sp³-hybridized carbons (Fsp3) is 0.385. The van der Waals surface area contributed by atoms with Gasteiger partial charge in [-0.2, -0.15) is 0 Å². The van der Waals surface area contributed by atoms with E-state index in [1.807, 2.05) is 6.08 Å². The highest BCUT2D eigenvalue weighted by molar-refractivity contribution is 5.24. The molecule has 0 fully saturated rings. The Bertz CT molecular complexity index is 290. The molecule has 1 rings (SSSR count). The zero-order valence-corrected chi connectivity index (χ0v) is 9.37. The Hall–Kier alpha value is -1.12. The van der Waals surface area contributed by atoms with Gasteiger partial charge in [0.25, 0.3) is 0 Å². The fourth-order valence-corrected chi connectivity index (χ4v) is 1.62. The zero-order chi connectivity index (χ0) is 11.1. The average molecular weight is 204 g/mol. The van der Waals surface area contributed by atoms with Crippen LogP contribution in [-0.2, 0) is 6.42 Å². The fourth-order valence-electron chi connectivity index (χ4n) is 1.62. The Morgan fingerprint density at radius 2 is 2.07 bits per heavy atom. The summed E-state index contributed by atoms with van der Waals surface area (Å²) < 4.78 is 0. The lowest BCUT2D eigenvalue weighted by molar-refractivity contribution is 0.521. The molecule has 0 aliphatic carbocycles. The number of nitrogens with two attached hydrogens (primary N) is 1. The van der Waals surface area contributed by atoms with E-state index in [0.717, 1.165) is 19.3 Å². The van der Waals surface area contributed by atoms with E-state index in [2.05, 4.69) is 43.2 Å². The third kappa shape index (κ3) is 3.50. The first kappa shape index (κ1) is 12.0. The monoisotopic (exact) mass is 204 g/mol. The van der Waals surface area contributed by atoms with Gasteiger partial charge in [-0.3, -0.25) is 11.3 Å². The van der Waals surface area contributed by atoms with Crippen molar-refractivity contribution in [3.05, 3.63) is 48.0 Å². The van der Waals surface area contributed by atoms with Crippen LogP contribution in [-0.4, -0.2) is 0 Å². The molecule has 2 heteroatoms. The molecule has 0 aromatic heterocycles. The van der Waals surface area contributed by atoms with Crippen LogP contribution in [0.1, 0.15) is 36.9 Å². The molecule has 0 saturated carbocycles. The molecule has 0 spiro atoms. The first-order valence-corrected chi connectivity index (χ1v) is 5.47. The minimum absolute atomic E-state index is 0.230.